The van der Waals surface area contributed by atoms with Crippen molar-refractivity contribution in [2.75, 3.05) is 6.61 Å². The Morgan fingerprint density at radius 3 is 2.62 bits per heavy atom. The third-order valence-corrected chi connectivity index (χ3v) is 7.44. The first-order valence-electron chi connectivity index (χ1n) is 11.9. The summed E-state index contributed by atoms with van der Waals surface area (Å²) in [7, 11) is 0. The molecule has 6 heteroatoms. The highest BCUT2D eigenvalue weighted by Crippen LogP contribution is 2.39. The zero-order chi connectivity index (χ0) is 23.9. The van der Waals surface area contributed by atoms with Gasteiger partial charge in [0.1, 0.15) is 10.9 Å². The molecular formula is C28H31NO3S2. The van der Waals surface area contributed by atoms with E-state index >= 15 is 0 Å². The Labute approximate surface area is 212 Å². The number of thiocarbonyl (C=S) groups is 1. The van der Waals surface area contributed by atoms with Crippen molar-refractivity contribution in [1.82, 2.24) is 4.90 Å². The van der Waals surface area contributed by atoms with Gasteiger partial charge in [0.05, 0.1) is 11.5 Å². The monoisotopic (exact) mass is 493 g/mol. The number of hydrogen-bond donors (Lipinski definition) is 0. The third-order valence-electron chi connectivity index (χ3n) is 6.11. The van der Waals surface area contributed by atoms with Gasteiger partial charge >= 0.3 is 0 Å². The fourth-order valence-electron chi connectivity index (χ4n) is 4.52. The minimum Gasteiger partial charge on any atom is -0.490 e. The van der Waals surface area contributed by atoms with Crippen LogP contribution in [0.15, 0.2) is 60.0 Å². The van der Waals surface area contributed by atoms with E-state index in [1.165, 1.54) is 18.2 Å². The first kappa shape index (κ1) is 24.6. The van der Waals surface area contributed by atoms with Crippen molar-refractivity contribution in [2.24, 2.45) is 0 Å². The first-order valence-corrected chi connectivity index (χ1v) is 13.2. The SMILES string of the molecule is C=CCc1cc(/C=C2/SC(=S)N(C3CCCCC3)C2=O)cc(OCC)c1OCc1ccccc1. The molecule has 2 aromatic rings. The maximum Gasteiger partial charge on any atom is 0.266 e. The van der Waals surface area contributed by atoms with Crippen LogP contribution in [-0.2, 0) is 17.8 Å². The molecule has 2 aliphatic rings. The summed E-state index contributed by atoms with van der Waals surface area (Å²) in [4.78, 5) is 15.8. The molecule has 0 spiro atoms. The van der Waals surface area contributed by atoms with Crippen molar-refractivity contribution in [3.8, 4) is 11.5 Å². The van der Waals surface area contributed by atoms with Gasteiger partial charge in [-0.2, -0.15) is 0 Å². The molecule has 1 amide bonds. The number of amides is 1. The lowest BCUT2D eigenvalue weighted by Crippen LogP contribution is -2.39. The van der Waals surface area contributed by atoms with Crippen LogP contribution in [0.1, 0.15) is 55.7 Å². The first-order chi connectivity index (χ1) is 16.6. The molecule has 0 unspecified atom stereocenters. The predicted molar refractivity (Wildman–Crippen MR) is 144 cm³/mol. The van der Waals surface area contributed by atoms with Crippen LogP contribution in [0.5, 0.6) is 11.5 Å². The van der Waals surface area contributed by atoms with E-state index in [4.69, 9.17) is 21.7 Å². The van der Waals surface area contributed by atoms with Crippen molar-refractivity contribution in [1.29, 1.82) is 0 Å². The average molecular weight is 494 g/mol. The Morgan fingerprint density at radius 1 is 1.15 bits per heavy atom. The zero-order valence-electron chi connectivity index (χ0n) is 19.6. The van der Waals surface area contributed by atoms with Crippen molar-refractivity contribution in [2.45, 2.75) is 58.1 Å². The number of allylic oxidation sites excluding steroid dienone is 1. The number of benzene rings is 2. The molecule has 2 aromatic carbocycles. The molecule has 1 aliphatic carbocycles. The zero-order valence-corrected chi connectivity index (χ0v) is 21.3. The van der Waals surface area contributed by atoms with Crippen LogP contribution in [0.25, 0.3) is 6.08 Å². The Kier molecular flexibility index (Phi) is 8.46. The lowest BCUT2D eigenvalue weighted by Gasteiger charge is -2.29. The van der Waals surface area contributed by atoms with Gasteiger partial charge in [0.15, 0.2) is 11.5 Å². The molecule has 34 heavy (non-hydrogen) atoms. The van der Waals surface area contributed by atoms with E-state index < -0.39 is 0 Å². The molecule has 1 aliphatic heterocycles. The topological polar surface area (TPSA) is 38.8 Å². The van der Waals surface area contributed by atoms with Gasteiger partial charge < -0.3 is 9.47 Å². The van der Waals surface area contributed by atoms with Crippen LogP contribution in [0, 0.1) is 0 Å². The van der Waals surface area contributed by atoms with E-state index in [0.717, 1.165) is 48.1 Å². The van der Waals surface area contributed by atoms with E-state index in [1.54, 1.807) is 0 Å². The van der Waals surface area contributed by atoms with Gasteiger partial charge in [0, 0.05) is 11.6 Å². The van der Waals surface area contributed by atoms with Crippen molar-refractivity contribution in [3.05, 3.63) is 76.7 Å². The molecule has 178 valence electrons. The lowest BCUT2D eigenvalue weighted by molar-refractivity contribution is -0.124. The normalized spacial score (nSPS) is 17.9. The summed E-state index contributed by atoms with van der Waals surface area (Å²) in [6, 6.07) is 14.3. The summed E-state index contributed by atoms with van der Waals surface area (Å²) in [6.07, 6.45) is 10.0. The van der Waals surface area contributed by atoms with Crippen molar-refractivity contribution < 1.29 is 14.3 Å². The minimum atomic E-state index is 0.0227. The van der Waals surface area contributed by atoms with Gasteiger partial charge in [-0.3, -0.25) is 9.69 Å². The molecule has 0 atom stereocenters. The smallest absolute Gasteiger partial charge is 0.266 e. The fourth-order valence-corrected chi connectivity index (χ4v) is 5.92. The van der Waals surface area contributed by atoms with Crippen molar-refractivity contribution >= 4 is 40.3 Å². The van der Waals surface area contributed by atoms with Gasteiger partial charge in [-0.05, 0) is 55.5 Å². The van der Waals surface area contributed by atoms with Crippen molar-refractivity contribution in [3.63, 3.8) is 0 Å². The summed E-state index contributed by atoms with van der Waals surface area (Å²) >= 11 is 6.99. The highest BCUT2D eigenvalue weighted by Gasteiger charge is 2.37. The highest BCUT2D eigenvalue weighted by molar-refractivity contribution is 8.26. The third kappa shape index (κ3) is 5.73. The lowest BCUT2D eigenvalue weighted by atomic mass is 9.94. The Hall–Kier alpha value is -2.57. The van der Waals surface area contributed by atoms with Crippen LogP contribution in [0.2, 0.25) is 0 Å². The molecule has 0 aromatic heterocycles. The molecule has 1 heterocycles. The second-order valence-electron chi connectivity index (χ2n) is 8.55. The summed E-state index contributed by atoms with van der Waals surface area (Å²) in [5, 5.41) is 0. The number of carbonyl (C=O) groups is 1. The summed E-state index contributed by atoms with van der Waals surface area (Å²) in [6.45, 7) is 6.83. The summed E-state index contributed by atoms with van der Waals surface area (Å²) in [5.41, 5.74) is 2.97. The maximum absolute atomic E-state index is 13.2. The van der Waals surface area contributed by atoms with Gasteiger partial charge in [0.25, 0.3) is 5.91 Å². The molecule has 4 rings (SSSR count). The standard InChI is InChI=1S/C28H31NO3S2/c1-3-11-22-16-21(17-24(31-4-2)26(22)32-19-20-12-7-5-8-13-20)18-25-27(30)29(28(33)34-25)23-14-9-6-10-15-23/h3,5,7-8,12-13,16-18,23H,1,4,6,9-11,14-15,19H2,2H3/b25-18+. The van der Waals surface area contributed by atoms with E-state index in [-0.39, 0.29) is 11.9 Å². The Bertz CT molecular complexity index is 1070. The number of nitrogens with zero attached hydrogens (tertiary/aromatic N) is 1. The van der Waals surface area contributed by atoms with E-state index in [2.05, 4.69) is 12.6 Å². The van der Waals surface area contributed by atoms with Crippen LogP contribution >= 0.6 is 24.0 Å². The molecule has 0 N–H and O–H groups in total. The van der Waals surface area contributed by atoms with Crippen LogP contribution < -0.4 is 9.47 Å². The molecule has 0 radical (unpaired) electrons. The van der Waals surface area contributed by atoms with Crippen LogP contribution in [-0.4, -0.2) is 27.8 Å². The quantitative estimate of drug-likeness (QED) is 0.215. The predicted octanol–water partition coefficient (Wildman–Crippen LogP) is 6.93. The Morgan fingerprint density at radius 2 is 1.91 bits per heavy atom. The molecule has 2 fully saturated rings. The van der Waals surface area contributed by atoms with E-state index in [9.17, 15) is 4.79 Å². The largest absolute Gasteiger partial charge is 0.490 e. The minimum absolute atomic E-state index is 0.0227. The second kappa shape index (κ2) is 11.7. The summed E-state index contributed by atoms with van der Waals surface area (Å²) < 4.78 is 12.9. The van der Waals surface area contributed by atoms with E-state index in [1.807, 2.05) is 60.4 Å². The number of rotatable bonds is 9. The van der Waals surface area contributed by atoms with Gasteiger partial charge in [-0.1, -0.05) is 79.7 Å². The number of thioether (sulfide) groups is 1. The second-order valence-corrected chi connectivity index (χ2v) is 10.2. The molecule has 1 saturated heterocycles. The molecule has 1 saturated carbocycles. The number of carbonyl (C=O) groups excluding carboxylic acids is 1. The highest BCUT2D eigenvalue weighted by atomic mass is 32.2. The molecule has 4 nitrogen and oxygen atoms in total. The van der Waals surface area contributed by atoms with Crippen LogP contribution in [0.3, 0.4) is 0 Å². The number of ether oxygens (including phenoxy) is 2. The molecule has 0 bridgehead atoms. The van der Waals surface area contributed by atoms with Crippen LogP contribution in [0.4, 0.5) is 0 Å². The van der Waals surface area contributed by atoms with E-state index in [0.29, 0.717) is 34.6 Å². The summed E-state index contributed by atoms with van der Waals surface area (Å²) in [5.74, 6) is 1.42. The fraction of sp³-hybridized carbons (Fsp3) is 0.357. The maximum atomic E-state index is 13.2. The van der Waals surface area contributed by atoms with Gasteiger partial charge in [0.2, 0.25) is 0 Å². The average Bonchev–Trinajstić information content (AvgIpc) is 3.12. The molecular weight excluding hydrogens is 462 g/mol. The van der Waals surface area contributed by atoms with Gasteiger partial charge in [-0.25, -0.2) is 0 Å². The van der Waals surface area contributed by atoms with Gasteiger partial charge in [-0.15, -0.1) is 6.58 Å². The Balaban J connectivity index is 1.62. The number of hydrogen-bond acceptors (Lipinski definition) is 5.